The lowest BCUT2D eigenvalue weighted by Gasteiger charge is -2.06. The third-order valence-electron chi connectivity index (χ3n) is 3.70. The van der Waals surface area contributed by atoms with Gasteiger partial charge in [-0.25, -0.2) is 13.6 Å². The number of hydrogen-bond acceptors (Lipinski definition) is 3. The molecule has 0 aliphatic heterocycles. The van der Waals surface area contributed by atoms with Gasteiger partial charge in [-0.15, -0.1) is 0 Å². The molecular weight excluding hydrogens is 324 g/mol. The standard InChI is InChI=1S/C18H22N2O3S/c19-24(22,23)17-11-8-16(9-12-17)7-4-14-20-18(21)13-10-15-5-2-1-3-6-15/h1-3,5-6,8-9,11-12H,4,7,10,13-14H2,(H,20,21)(H2,19,22,23). The van der Waals surface area contributed by atoms with E-state index in [-0.39, 0.29) is 10.8 Å². The molecule has 0 aliphatic rings. The Kier molecular flexibility index (Phi) is 6.52. The molecule has 2 aromatic rings. The first kappa shape index (κ1) is 18.2. The van der Waals surface area contributed by atoms with Crippen LogP contribution in [0, 0.1) is 0 Å². The summed E-state index contributed by atoms with van der Waals surface area (Å²) in [6.45, 7) is 0.602. The highest BCUT2D eigenvalue weighted by molar-refractivity contribution is 7.89. The molecule has 2 rings (SSSR count). The van der Waals surface area contributed by atoms with Gasteiger partial charge >= 0.3 is 0 Å². The maximum Gasteiger partial charge on any atom is 0.238 e. The van der Waals surface area contributed by atoms with Crippen molar-refractivity contribution in [2.45, 2.75) is 30.6 Å². The average molecular weight is 346 g/mol. The lowest BCUT2D eigenvalue weighted by molar-refractivity contribution is -0.121. The largest absolute Gasteiger partial charge is 0.356 e. The van der Waals surface area contributed by atoms with Gasteiger partial charge in [-0.3, -0.25) is 4.79 Å². The third kappa shape index (κ3) is 6.14. The van der Waals surface area contributed by atoms with Crippen LogP contribution in [0.5, 0.6) is 0 Å². The van der Waals surface area contributed by atoms with Crippen molar-refractivity contribution in [1.82, 2.24) is 5.32 Å². The summed E-state index contributed by atoms with van der Waals surface area (Å²) in [6.07, 6.45) is 2.78. The summed E-state index contributed by atoms with van der Waals surface area (Å²) in [7, 11) is -3.64. The number of carbonyl (C=O) groups excluding carboxylic acids is 1. The first-order chi connectivity index (χ1) is 11.4. The van der Waals surface area contributed by atoms with Crippen molar-refractivity contribution in [3.8, 4) is 0 Å². The van der Waals surface area contributed by atoms with Crippen molar-refractivity contribution in [3.63, 3.8) is 0 Å². The van der Waals surface area contributed by atoms with Gasteiger partial charge in [0.1, 0.15) is 0 Å². The van der Waals surface area contributed by atoms with Crippen LogP contribution in [-0.4, -0.2) is 20.9 Å². The minimum Gasteiger partial charge on any atom is -0.356 e. The number of carbonyl (C=O) groups is 1. The molecule has 0 radical (unpaired) electrons. The van der Waals surface area contributed by atoms with Crippen molar-refractivity contribution < 1.29 is 13.2 Å². The zero-order valence-corrected chi connectivity index (χ0v) is 14.3. The summed E-state index contributed by atoms with van der Waals surface area (Å²) in [5.74, 6) is 0.0448. The molecule has 24 heavy (non-hydrogen) atoms. The third-order valence-corrected chi connectivity index (χ3v) is 4.63. The van der Waals surface area contributed by atoms with E-state index < -0.39 is 10.0 Å². The molecule has 0 heterocycles. The van der Waals surface area contributed by atoms with Crippen LogP contribution in [0.1, 0.15) is 24.0 Å². The SMILES string of the molecule is NS(=O)(=O)c1ccc(CCCNC(=O)CCc2ccccc2)cc1. The Bertz CT molecular complexity index is 757. The number of nitrogens with one attached hydrogen (secondary N) is 1. The summed E-state index contributed by atoms with van der Waals surface area (Å²) in [6, 6.07) is 16.4. The van der Waals surface area contributed by atoms with Crippen LogP contribution in [0.25, 0.3) is 0 Å². The van der Waals surface area contributed by atoms with Gasteiger partial charge in [0, 0.05) is 13.0 Å². The molecule has 3 N–H and O–H groups in total. The number of hydrogen-bond donors (Lipinski definition) is 2. The molecule has 6 heteroatoms. The molecular formula is C18H22N2O3S. The normalized spacial score (nSPS) is 11.2. The van der Waals surface area contributed by atoms with Gasteiger partial charge in [0.25, 0.3) is 0 Å². The minimum absolute atomic E-state index is 0.0448. The number of aryl methyl sites for hydroxylation is 2. The molecule has 0 fully saturated rings. The van der Waals surface area contributed by atoms with Crippen LogP contribution >= 0.6 is 0 Å². The summed E-state index contributed by atoms with van der Waals surface area (Å²) < 4.78 is 22.3. The van der Waals surface area contributed by atoms with Gasteiger partial charge in [0.05, 0.1) is 4.90 Å². The number of benzene rings is 2. The van der Waals surface area contributed by atoms with E-state index in [4.69, 9.17) is 5.14 Å². The Labute approximate surface area is 142 Å². The predicted molar refractivity (Wildman–Crippen MR) is 93.9 cm³/mol. The van der Waals surface area contributed by atoms with E-state index in [2.05, 4.69) is 5.32 Å². The average Bonchev–Trinajstić information content (AvgIpc) is 2.57. The molecule has 0 aliphatic carbocycles. The first-order valence-electron chi connectivity index (χ1n) is 7.87. The zero-order chi connectivity index (χ0) is 17.4. The fourth-order valence-corrected chi connectivity index (χ4v) is 2.87. The number of amides is 1. The number of primary sulfonamides is 1. The summed E-state index contributed by atoms with van der Waals surface area (Å²) in [4.78, 5) is 11.9. The molecule has 1 amide bonds. The second kappa shape index (κ2) is 8.61. The van der Waals surface area contributed by atoms with Crippen molar-refractivity contribution in [1.29, 1.82) is 0 Å². The van der Waals surface area contributed by atoms with E-state index in [1.165, 1.54) is 12.1 Å². The summed E-state index contributed by atoms with van der Waals surface area (Å²) >= 11 is 0. The molecule has 0 saturated heterocycles. The maximum absolute atomic E-state index is 11.8. The van der Waals surface area contributed by atoms with Gasteiger partial charge in [-0.05, 0) is 42.5 Å². The van der Waals surface area contributed by atoms with Gasteiger partial charge in [-0.2, -0.15) is 0 Å². The smallest absolute Gasteiger partial charge is 0.238 e. The van der Waals surface area contributed by atoms with Crippen LogP contribution in [0.15, 0.2) is 59.5 Å². The van der Waals surface area contributed by atoms with Crippen LogP contribution in [0.3, 0.4) is 0 Å². The van der Waals surface area contributed by atoms with E-state index in [1.54, 1.807) is 12.1 Å². The number of rotatable bonds is 8. The van der Waals surface area contributed by atoms with E-state index in [1.807, 2.05) is 30.3 Å². The van der Waals surface area contributed by atoms with Crippen molar-refractivity contribution in [3.05, 3.63) is 65.7 Å². The highest BCUT2D eigenvalue weighted by Gasteiger charge is 2.06. The second-order valence-electron chi connectivity index (χ2n) is 5.63. The van der Waals surface area contributed by atoms with E-state index in [0.29, 0.717) is 13.0 Å². The number of nitrogens with two attached hydrogens (primary N) is 1. The highest BCUT2D eigenvalue weighted by Crippen LogP contribution is 2.10. The Balaban J connectivity index is 1.66. The molecule has 0 saturated carbocycles. The van der Waals surface area contributed by atoms with Crippen LogP contribution in [0.4, 0.5) is 0 Å². The van der Waals surface area contributed by atoms with Gasteiger partial charge in [0.2, 0.25) is 15.9 Å². The van der Waals surface area contributed by atoms with E-state index in [0.717, 1.165) is 30.4 Å². The summed E-state index contributed by atoms with van der Waals surface area (Å²) in [5, 5.41) is 7.96. The zero-order valence-electron chi connectivity index (χ0n) is 13.4. The van der Waals surface area contributed by atoms with Gasteiger partial charge in [0.15, 0.2) is 0 Å². The minimum atomic E-state index is -3.64. The maximum atomic E-state index is 11.8. The molecule has 0 spiro atoms. The van der Waals surface area contributed by atoms with Crippen molar-refractivity contribution in [2.24, 2.45) is 5.14 Å². The lowest BCUT2D eigenvalue weighted by atomic mass is 10.1. The molecule has 2 aromatic carbocycles. The van der Waals surface area contributed by atoms with Crippen molar-refractivity contribution >= 4 is 15.9 Å². The molecule has 0 atom stereocenters. The quantitative estimate of drug-likeness (QED) is 0.717. The monoisotopic (exact) mass is 346 g/mol. The first-order valence-corrected chi connectivity index (χ1v) is 9.42. The Hall–Kier alpha value is -2.18. The van der Waals surface area contributed by atoms with Crippen LogP contribution in [0.2, 0.25) is 0 Å². The molecule has 5 nitrogen and oxygen atoms in total. The van der Waals surface area contributed by atoms with Crippen LogP contribution in [-0.2, 0) is 27.7 Å². The lowest BCUT2D eigenvalue weighted by Crippen LogP contribution is -2.24. The van der Waals surface area contributed by atoms with E-state index >= 15 is 0 Å². The topological polar surface area (TPSA) is 89.3 Å². The van der Waals surface area contributed by atoms with Gasteiger partial charge < -0.3 is 5.32 Å². The Morgan fingerprint density at radius 1 is 0.917 bits per heavy atom. The number of sulfonamides is 1. The molecule has 0 unspecified atom stereocenters. The predicted octanol–water partition coefficient (Wildman–Crippen LogP) is 2.02. The van der Waals surface area contributed by atoms with Crippen LogP contribution < -0.4 is 10.5 Å². The highest BCUT2D eigenvalue weighted by atomic mass is 32.2. The fraction of sp³-hybridized carbons (Fsp3) is 0.278. The second-order valence-corrected chi connectivity index (χ2v) is 7.19. The molecule has 128 valence electrons. The molecule has 0 aromatic heterocycles. The van der Waals surface area contributed by atoms with E-state index in [9.17, 15) is 13.2 Å². The Morgan fingerprint density at radius 2 is 1.54 bits per heavy atom. The van der Waals surface area contributed by atoms with Crippen molar-refractivity contribution in [2.75, 3.05) is 6.54 Å². The fourth-order valence-electron chi connectivity index (χ4n) is 2.36. The molecule has 0 bridgehead atoms. The van der Waals surface area contributed by atoms with Gasteiger partial charge in [-0.1, -0.05) is 42.5 Å². The Morgan fingerprint density at radius 3 is 2.17 bits per heavy atom. The summed E-state index contributed by atoms with van der Waals surface area (Å²) in [5.41, 5.74) is 2.17.